The van der Waals surface area contributed by atoms with Gasteiger partial charge in [-0.15, -0.1) is 0 Å². The molecule has 0 radical (unpaired) electrons. The Morgan fingerprint density at radius 1 is 1.07 bits per heavy atom. The van der Waals surface area contributed by atoms with Crippen LogP contribution in [0.15, 0.2) is 23.0 Å². The van der Waals surface area contributed by atoms with E-state index >= 15 is 0 Å². The first kappa shape index (κ1) is 18.9. The molecule has 2 fully saturated rings. The first-order chi connectivity index (χ1) is 13.5. The zero-order valence-electron chi connectivity index (χ0n) is 16.6. The van der Waals surface area contributed by atoms with Crippen LogP contribution in [0.2, 0.25) is 0 Å². The average molecular weight is 384 g/mol. The lowest BCUT2D eigenvalue weighted by atomic mass is 9.89. The quantitative estimate of drug-likeness (QED) is 0.817. The summed E-state index contributed by atoms with van der Waals surface area (Å²) in [5.74, 6) is -0.156. The zero-order chi connectivity index (χ0) is 19.8. The summed E-state index contributed by atoms with van der Waals surface area (Å²) in [5, 5.41) is 2.36. The van der Waals surface area contributed by atoms with Gasteiger partial charge in [-0.25, -0.2) is 4.79 Å². The lowest BCUT2D eigenvalue weighted by Crippen LogP contribution is -2.44. The number of imidazole rings is 1. The predicted molar refractivity (Wildman–Crippen MR) is 107 cm³/mol. The molecule has 150 valence electrons. The van der Waals surface area contributed by atoms with Gasteiger partial charge < -0.3 is 4.90 Å². The largest absolute Gasteiger partial charge is 0.329 e. The maximum Gasteiger partial charge on any atom is 0.329 e. The van der Waals surface area contributed by atoms with E-state index in [1.54, 1.807) is 16.2 Å². The SMILES string of the molecule is CCCN1CCC(c2ccc3c(c2)n(C)c(=O)n3C2CCC(=O)NC2=O)CC1. The van der Waals surface area contributed by atoms with Crippen molar-refractivity contribution in [3.8, 4) is 0 Å². The molecule has 28 heavy (non-hydrogen) atoms. The number of carbonyl (C=O) groups is 2. The molecular weight excluding hydrogens is 356 g/mol. The third-order valence-corrected chi connectivity index (χ3v) is 6.23. The van der Waals surface area contributed by atoms with E-state index in [4.69, 9.17) is 0 Å². The van der Waals surface area contributed by atoms with E-state index in [1.165, 1.54) is 12.0 Å². The molecule has 2 amide bonds. The number of aromatic nitrogens is 2. The van der Waals surface area contributed by atoms with Crippen molar-refractivity contribution in [2.75, 3.05) is 19.6 Å². The van der Waals surface area contributed by atoms with E-state index in [2.05, 4.69) is 29.3 Å². The van der Waals surface area contributed by atoms with Crippen LogP contribution in [0.5, 0.6) is 0 Å². The van der Waals surface area contributed by atoms with Gasteiger partial charge in [0.2, 0.25) is 11.8 Å². The van der Waals surface area contributed by atoms with Gasteiger partial charge in [0.25, 0.3) is 0 Å². The molecule has 3 heterocycles. The Bertz CT molecular complexity index is 966. The van der Waals surface area contributed by atoms with Crippen LogP contribution >= 0.6 is 0 Å². The Morgan fingerprint density at radius 3 is 2.50 bits per heavy atom. The van der Waals surface area contributed by atoms with E-state index in [1.807, 2.05) is 6.07 Å². The van der Waals surface area contributed by atoms with Crippen LogP contribution in [0.3, 0.4) is 0 Å². The molecule has 4 rings (SSSR count). The van der Waals surface area contributed by atoms with Gasteiger partial charge in [0.1, 0.15) is 6.04 Å². The van der Waals surface area contributed by atoms with E-state index in [0.29, 0.717) is 12.3 Å². The smallest absolute Gasteiger partial charge is 0.303 e. The highest BCUT2D eigenvalue weighted by Crippen LogP contribution is 2.31. The van der Waals surface area contributed by atoms with Crippen molar-refractivity contribution in [1.29, 1.82) is 0 Å². The number of benzene rings is 1. The number of piperidine rings is 2. The summed E-state index contributed by atoms with van der Waals surface area (Å²) in [7, 11) is 1.75. The minimum absolute atomic E-state index is 0.209. The molecule has 1 aromatic heterocycles. The first-order valence-electron chi connectivity index (χ1n) is 10.3. The van der Waals surface area contributed by atoms with Crippen LogP contribution in [0.1, 0.15) is 56.6 Å². The minimum Gasteiger partial charge on any atom is -0.303 e. The molecule has 1 aromatic carbocycles. The Morgan fingerprint density at radius 2 is 1.82 bits per heavy atom. The molecule has 2 saturated heterocycles. The summed E-state index contributed by atoms with van der Waals surface area (Å²) >= 11 is 0. The number of amides is 2. The van der Waals surface area contributed by atoms with E-state index in [0.717, 1.165) is 43.5 Å². The second-order valence-electron chi connectivity index (χ2n) is 8.04. The van der Waals surface area contributed by atoms with Gasteiger partial charge in [0.05, 0.1) is 11.0 Å². The van der Waals surface area contributed by atoms with Crippen molar-refractivity contribution < 1.29 is 9.59 Å². The first-order valence-corrected chi connectivity index (χ1v) is 10.3. The summed E-state index contributed by atoms with van der Waals surface area (Å²) in [6, 6.07) is 5.55. The fraction of sp³-hybridized carbons (Fsp3) is 0.571. The van der Waals surface area contributed by atoms with E-state index in [-0.39, 0.29) is 18.0 Å². The fourth-order valence-corrected chi connectivity index (χ4v) is 4.67. The van der Waals surface area contributed by atoms with Gasteiger partial charge in [0, 0.05) is 13.5 Å². The number of rotatable bonds is 4. The number of fused-ring (bicyclic) bond motifs is 1. The van der Waals surface area contributed by atoms with Crippen molar-refractivity contribution in [3.63, 3.8) is 0 Å². The molecule has 1 unspecified atom stereocenters. The number of nitrogens with one attached hydrogen (secondary N) is 1. The lowest BCUT2D eigenvalue weighted by Gasteiger charge is -2.32. The summed E-state index contributed by atoms with van der Waals surface area (Å²) < 4.78 is 3.17. The van der Waals surface area contributed by atoms with Gasteiger partial charge in [-0.3, -0.25) is 24.0 Å². The predicted octanol–water partition coefficient (Wildman–Crippen LogP) is 1.91. The normalized spacial score (nSPS) is 22.0. The van der Waals surface area contributed by atoms with Crippen molar-refractivity contribution in [2.24, 2.45) is 7.05 Å². The number of hydrogen-bond acceptors (Lipinski definition) is 4. The number of nitrogens with zero attached hydrogens (tertiary/aromatic N) is 3. The van der Waals surface area contributed by atoms with Gasteiger partial charge in [0.15, 0.2) is 0 Å². The Labute approximate surface area is 164 Å². The summed E-state index contributed by atoms with van der Waals surface area (Å²) in [6.45, 7) is 5.61. The van der Waals surface area contributed by atoms with Crippen molar-refractivity contribution in [2.45, 2.75) is 51.0 Å². The number of likely N-dealkylation sites (tertiary alicyclic amines) is 1. The molecule has 2 aliphatic rings. The highest BCUT2D eigenvalue weighted by atomic mass is 16.2. The molecule has 2 aliphatic heterocycles. The molecule has 0 aliphatic carbocycles. The van der Waals surface area contributed by atoms with Crippen molar-refractivity contribution in [1.82, 2.24) is 19.4 Å². The lowest BCUT2D eigenvalue weighted by molar-refractivity contribution is -0.135. The molecule has 1 atom stereocenters. The highest BCUT2D eigenvalue weighted by molar-refractivity contribution is 6.00. The molecule has 7 heteroatoms. The number of aryl methyl sites for hydroxylation is 1. The number of imide groups is 1. The monoisotopic (exact) mass is 384 g/mol. The maximum atomic E-state index is 12.9. The second-order valence-corrected chi connectivity index (χ2v) is 8.04. The third-order valence-electron chi connectivity index (χ3n) is 6.23. The third kappa shape index (κ3) is 3.28. The van der Waals surface area contributed by atoms with Crippen LogP contribution < -0.4 is 11.0 Å². The topological polar surface area (TPSA) is 76.3 Å². The number of carbonyl (C=O) groups excluding carboxylic acids is 2. The highest BCUT2D eigenvalue weighted by Gasteiger charge is 2.31. The maximum absolute atomic E-state index is 12.9. The minimum atomic E-state index is -0.628. The molecule has 0 spiro atoms. The van der Waals surface area contributed by atoms with Crippen LogP contribution in [0.4, 0.5) is 0 Å². The van der Waals surface area contributed by atoms with Gasteiger partial charge in [-0.2, -0.15) is 0 Å². The standard InChI is InChI=1S/C21H28N4O3/c1-3-10-24-11-8-14(9-12-24)15-4-5-16-18(13-15)23(2)21(28)25(16)17-6-7-19(26)22-20(17)27/h4-5,13-14,17H,3,6-12H2,1-2H3,(H,22,26,27). The van der Waals surface area contributed by atoms with Crippen LogP contribution in [-0.2, 0) is 16.6 Å². The Hall–Kier alpha value is -2.41. The Balaban J connectivity index is 1.65. The van der Waals surface area contributed by atoms with Crippen molar-refractivity contribution in [3.05, 3.63) is 34.2 Å². The Kier molecular flexibility index (Phi) is 5.10. The van der Waals surface area contributed by atoms with Crippen LogP contribution in [0.25, 0.3) is 11.0 Å². The molecule has 2 aromatic rings. The van der Waals surface area contributed by atoms with E-state index in [9.17, 15) is 14.4 Å². The molecule has 1 N–H and O–H groups in total. The van der Waals surface area contributed by atoms with E-state index < -0.39 is 11.9 Å². The molecule has 0 saturated carbocycles. The summed E-state index contributed by atoms with van der Waals surface area (Å²) in [5.41, 5.74) is 2.66. The summed E-state index contributed by atoms with van der Waals surface area (Å²) in [4.78, 5) is 39.2. The second kappa shape index (κ2) is 7.54. The van der Waals surface area contributed by atoms with Gasteiger partial charge in [-0.05, 0) is 68.9 Å². The average Bonchev–Trinajstić information content (AvgIpc) is 2.93. The molecule has 7 nitrogen and oxygen atoms in total. The fourth-order valence-electron chi connectivity index (χ4n) is 4.67. The molecular formula is C21H28N4O3. The number of hydrogen-bond donors (Lipinski definition) is 1. The van der Waals surface area contributed by atoms with Gasteiger partial charge in [-0.1, -0.05) is 13.0 Å². The van der Waals surface area contributed by atoms with Gasteiger partial charge >= 0.3 is 5.69 Å². The molecule has 0 bridgehead atoms. The van der Waals surface area contributed by atoms with Crippen LogP contribution in [-0.4, -0.2) is 45.5 Å². The zero-order valence-corrected chi connectivity index (χ0v) is 16.6. The van der Waals surface area contributed by atoms with Crippen LogP contribution in [0, 0.1) is 0 Å². The van der Waals surface area contributed by atoms with Crippen molar-refractivity contribution >= 4 is 22.8 Å². The summed E-state index contributed by atoms with van der Waals surface area (Å²) in [6.07, 6.45) is 4.07.